The average molecular weight is 606 g/mol. The highest BCUT2D eigenvalue weighted by atomic mass is 32.2. The number of pyridine rings is 1. The van der Waals surface area contributed by atoms with E-state index >= 15 is 0 Å². The fourth-order valence-electron chi connectivity index (χ4n) is 5.28. The van der Waals surface area contributed by atoms with Crippen molar-refractivity contribution in [1.82, 2.24) is 9.88 Å². The number of nitrogens with zero attached hydrogens (tertiary/aromatic N) is 2. The van der Waals surface area contributed by atoms with E-state index in [0.717, 1.165) is 24.0 Å². The quantitative estimate of drug-likeness (QED) is 0.296. The van der Waals surface area contributed by atoms with E-state index in [2.05, 4.69) is 11.4 Å². The summed E-state index contributed by atoms with van der Waals surface area (Å²) in [5.41, 5.74) is -0.226. The second-order valence-corrected chi connectivity index (χ2v) is 12.6. The lowest BCUT2D eigenvalue weighted by molar-refractivity contribution is -0.137. The molecule has 3 aromatic carbocycles. The minimum atomic E-state index is -4.63. The van der Waals surface area contributed by atoms with E-state index in [1.54, 1.807) is 47.9 Å². The molecule has 1 aliphatic rings. The highest BCUT2D eigenvalue weighted by Crippen LogP contribution is 2.50. The van der Waals surface area contributed by atoms with Crippen molar-refractivity contribution in [3.63, 3.8) is 0 Å². The standard InChI is InChI=1S/C32H26F3N3O4S/c1-20-28(23-4-3-5-25(16-23)32(33,34)35)29(39)27(30(40)37-18-22-8-12-26(13-9-22)43(2,41)42)19-38(20)31(14-15-31)24-10-6-21(17-36)7-11-24/h3-13,16,19H,14-15,18H2,1-2H3,(H,37,40). The Bertz CT molecular complexity index is 1940. The Morgan fingerprint density at radius 1 is 1.05 bits per heavy atom. The molecule has 1 heterocycles. The lowest BCUT2D eigenvalue weighted by atomic mass is 9.96. The van der Waals surface area contributed by atoms with Gasteiger partial charge in [0.05, 0.1) is 27.6 Å². The largest absolute Gasteiger partial charge is 0.416 e. The van der Waals surface area contributed by atoms with Crippen LogP contribution in [-0.4, -0.2) is 25.1 Å². The number of nitriles is 1. The third-order valence-electron chi connectivity index (χ3n) is 7.72. The number of alkyl halides is 3. The van der Waals surface area contributed by atoms with Crippen molar-refractivity contribution in [3.05, 3.63) is 123 Å². The van der Waals surface area contributed by atoms with Gasteiger partial charge in [0.15, 0.2) is 9.84 Å². The SMILES string of the molecule is Cc1c(-c2cccc(C(F)(F)F)c2)c(=O)c(C(=O)NCc2ccc(S(C)(=O)=O)cc2)cn1C1(c2ccc(C#N)cc2)CC1. The number of hydrogen-bond acceptors (Lipinski definition) is 5. The molecular weight excluding hydrogens is 579 g/mol. The molecule has 0 saturated heterocycles. The molecule has 1 aromatic heterocycles. The summed E-state index contributed by atoms with van der Waals surface area (Å²) < 4.78 is 66.1. The van der Waals surface area contributed by atoms with Crippen LogP contribution in [0, 0.1) is 18.3 Å². The van der Waals surface area contributed by atoms with E-state index in [9.17, 15) is 36.4 Å². The van der Waals surface area contributed by atoms with E-state index < -0.39 is 38.5 Å². The Kier molecular flexibility index (Phi) is 7.52. The van der Waals surface area contributed by atoms with Crippen LogP contribution in [0.4, 0.5) is 13.2 Å². The van der Waals surface area contributed by atoms with Crippen LogP contribution < -0.4 is 10.7 Å². The smallest absolute Gasteiger partial charge is 0.348 e. The van der Waals surface area contributed by atoms with Crippen molar-refractivity contribution in [2.45, 2.75) is 42.9 Å². The molecule has 1 saturated carbocycles. The minimum absolute atomic E-state index is 0.0174. The average Bonchev–Trinajstić information content (AvgIpc) is 3.77. The predicted octanol–water partition coefficient (Wildman–Crippen LogP) is 5.59. The van der Waals surface area contributed by atoms with Gasteiger partial charge in [0.1, 0.15) is 5.56 Å². The first-order chi connectivity index (χ1) is 20.2. The molecule has 1 fully saturated rings. The van der Waals surface area contributed by atoms with Crippen LogP contribution in [0.3, 0.4) is 0 Å². The topological polar surface area (TPSA) is 109 Å². The van der Waals surface area contributed by atoms with E-state index in [4.69, 9.17) is 0 Å². The first kappa shape index (κ1) is 29.8. The van der Waals surface area contributed by atoms with Crippen molar-refractivity contribution in [2.75, 3.05) is 6.26 Å². The summed E-state index contributed by atoms with van der Waals surface area (Å²) in [5.74, 6) is -0.727. The molecule has 5 rings (SSSR count). The zero-order valence-corrected chi connectivity index (χ0v) is 24.0. The number of hydrogen-bond donors (Lipinski definition) is 1. The number of nitrogens with one attached hydrogen (secondary N) is 1. The highest BCUT2D eigenvalue weighted by molar-refractivity contribution is 7.90. The third-order valence-corrected chi connectivity index (χ3v) is 8.85. The van der Waals surface area contributed by atoms with Gasteiger partial charge in [-0.25, -0.2) is 8.42 Å². The lowest BCUT2D eigenvalue weighted by Crippen LogP contribution is -2.33. The minimum Gasteiger partial charge on any atom is -0.348 e. The fourth-order valence-corrected chi connectivity index (χ4v) is 5.91. The molecule has 0 spiro atoms. The van der Waals surface area contributed by atoms with E-state index in [1.165, 1.54) is 30.5 Å². The summed E-state index contributed by atoms with van der Waals surface area (Å²) in [7, 11) is -3.40. The first-order valence-electron chi connectivity index (χ1n) is 13.3. The molecule has 0 atom stereocenters. The molecule has 1 amide bonds. The number of carbonyl (C=O) groups is 1. The number of benzene rings is 3. The number of amides is 1. The Morgan fingerprint density at radius 3 is 2.26 bits per heavy atom. The summed E-state index contributed by atoms with van der Waals surface area (Å²) in [6.45, 7) is 1.63. The van der Waals surface area contributed by atoms with Crippen LogP contribution in [0.15, 0.2) is 88.7 Å². The van der Waals surface area contributed by atoms with E-state index in [0.29, 0.717) is 29.7 Å². The van der Waals surface area contributed by atoms with Gasteiger partial charge in [-0.1, -0.05) is 36.4 Å². The Balaban J connectivity index is 1.60. The van der Waals surface area contributed by atoms with Crippen LogP contribution in [0.25, 0.3) is 11.1 Å². The van der Waals surface area contributed by atoms with Crippen molar-refractivity contribution in [3.8, 4) is 17.2 Å². The highest BCUT2D eigenvalue weighted by Gasteiger charge is 2.47. The van der Waals surface area contributed by atoms with Gasteiger partial charge in [0, 0.05) is 30.3 Å². The monoisotopic (exact) mass is 605 g/mol. The van der Waals surface area contributed by atoms with Crippen molar-refractivity contribution in [2.24, 2.45) is 0 Å². The van der Waals surface area contributed by atoms with Gasteiger partial charge in [-0.3, -0.25) is 9.59 Å². The maximum absolute atomic E-state index is 13.8. The molecule has 0 bridgehead atoms. The van der Waals surface area contributed by atoms with Crippen molar-refractivity contribution < 1.29 is 26.4 Å². The lowest BCUT2D eigenvalue weighted by Gasteiger charge is -2.26. The summed E-state index contributed by atoms with van der Waals surface area (Å²) in [5, 5.41) is 11.9. The van der Waals surface area contributed by atoms with Gasteiger partial charge in [0.2, 0.25) is 5.43 Å². The van der Waals surface area contributed by atoms with Crippen LogP contribution in [0.2, 0.25) is 0 Å². The van der Waals surface area contributed by atoms with Gasteiger partial charge < -0.3 is 9.88 Å². The molecule has 0 unspecified atom stereocenters. The molecule has 1 aliphatic carbocycles. The zero-order chi connectivity index (χ0) is 31.2. The molecule has 43 heavy (non-hydrogen) atoms. The fraction of sp³-hybridized carbons (Fsp3) is 0.219. The Morgan fingerprint density at radius 2 is 1.70 bits per heavy atom. The Hall–Kier alpha value is -4.69. The summed E-state index contributed by atoms with van der Waals surface area (Å²) >= 11 is 0. The molecule has 7 nitrogen and oxygen atoms in total. The Labute approximate surface area is 246 Å². The second-order valence-electron chi connectivity index (χ2n) is 10.6. The van der Waals surface area contributed by atoms with Crippen LogP contribution in [-0.2, 0) is 28.1 Å². The van der Waals surface area contributed by atoms with Gasteiger partial charge in [-0.2, -0.15) is 18.4 Å². The van der Waals surface area contributed by atoms with Gasteiger partial charge >= 0.3 is 6.18 Å². The van der Waals surface area contributed by atoms with Gasteiger partial charge in [0.25, 0.3) is 5.91 Å². The van der Waals surface area contributed by atoms with Crippen LogP contribution >= 0.6 is 0 Å². The van der Waals surface area contributed by atoms with Crippen molar-refractivity contribution >= 4 is 15.7 Å². The molecule has 0 radical (unpaired) electrons. The maximum Gasteiger partial charge on any atom is 0.416 e. The number of carbonyl (C=O) groups excluding carboxylic acids is 1. The molecule has 4 aromatic rings. The summed E-state index contributed by atoms with van der Waals surface area (Å²) in [6, 6.07) is 19.4. The van der Waals surface area contributed by atoms with Crippen molar-refractivity contribution in [1.29, 1.82) is 5.26 Å². The predicted molar refractivity (Wildman–Crippen MR) is 154 cm³/mol. The molecule has 0 aliphatic heterocycles. The molecule has 11 heteroatoms. The van der Waals surface area contributed by atoms with Gasteiger partial charge in [-0.05, 0) is 72.9 Å². The number of sulfone groups is 1. The van der Waals surface area contributed by atoms with E-state index in [1.807, 2.05) is 0 Å². The molecular formula is C32H26F3N3O4S. The zero-order valence-electron chi connectivity index (χ0n) is 23.2. The van der Waals surface area contributed by atoms with Crippen LogP contribution in [0.5, 0.6) is 0 Å². The first-order valence-corrected chi connectivity index (χ1v) is 15.2. The maximum atomic E-state index is 13.8. The molecule has 220 valence electrons. The molecule has 1 N–H and O–H groups in total. The third kappa shape index (κ3) is 5.83. The normalized spacial score (nSPS) is 14.1. The van der Waals surface area contributed by atoms with Gasteiger partial charge in [-0.15, -0.1) is 0 Å². The second kappa shape index (κ2) is 10.9. The summed E-state index contributed by atoms with van der Waals surface area (Å²) in [6.07, 6.45) is -0.803. The number of aromatic nitrogens is 1. The summed E-state index contributed by atoms with van der Waals surface area (Å²) in [4.78, 5) is 27.4. The number of rotatable bonds is 7. The van der Waals surface area contributed by atoms with E-state index in [-0.39, 0.29) is 28.1 Å². The number of halogens is 3. The van der Waals surface area contributed by atoms with Crippen LogP contribution in [0.1, 0.15) is 51.1 Å².